The van der Waals surface area contributed by atoms with Gasteiger partial charge in [0.25, 0.3) is 0 Å². The van der Waals surface area contributed by atoms with Crippen LogP contribution in [0.2, 0.25) is 5.02 Å². The Balaban J connectivity index is 1.76. The predicted octanol–water partition coefficient (Wildman–Crippen LogP) is 4.86. The lowest BCUT2D eigenvalue weighted by Crippen LogP contribution is -2.34. The van der Waals surface area contributed by atoms with E-state index in [0.717, 1.165) is 24.2 Å². The topological polar surface area (TPSA) is 41.6 Å². The van der Waals surface area contributed by atoms with Crippen molar-refractivity contribution in [1.82, 2.24) is 4.90 Å². The predicted molar refractivity (Wildman–Crippen MR) is 92.1 cm³/mol. The smallest absolute Gasteiger partial charge is 0.322 e. The molecule has 1 saturated heterocycles. The molecule has 2 aromatic rings. The van der Waals surface area contributed by atoms with E-state index in [1.807, 2.05) is 24.3 Å². The molecule has 1 heterocycles. The fourth-order valence-corrected chi connectivity index (χ4v) is 3.14. The van der Waals surface area contributed by atoms with E-state index in [2.05, 4.69) is 5.32 Å². The van der Waals surface area contributed by atoms with Crippen LogP contribution < -0.4 is 10.1 Å². The monoisotopic (exact) mass is 348 g/mol. The third kappa shape index (κ3) is 3.31. The second-order valence-electron chi connectivity index (χ2n) is 5.66. The number of rotatable bonds is 3. The third-order valence-electron chi connectivity index (χ3n) is 4.21. The lowest BCUT2D eigenvalue weighted by atomic mass is 10.0. The number of amides is 2. The Hall–Kier alpha value is -2.27. The first-order valence-electron chi connectivity index (χ1n) is 7.75. The summed E-state index contributed by atoms with van der Waals surface area (Å²) in [6.45, 7) is 0.630. The lowest BCUT2D eigenvalue weighted by Gasteiger charge is -2.25. The molecule has 0 saturated carbocycles. The Morgan fingerprint density at radius 2 is 2.04 bits per heavy atom. The van der Waals surface area contributed by atoms with Gasteiger partial charge in [-0.3, -0.25) is 0 Å². The highest BCUT2D eigenvalue weighted by Gasteiger charge is 2.30. The number of likely N-dealkylation sites (tertiary alicyclic amines) is 1. The zero-order valence-electron chi connectivity index (χ0n) is 13.3. The van der Waals surface area contributed by atoms with Crippen LogP contribution in [0.3, 0.4) is 0 Å². The largest absolute Gasteiger partial charge is 0.497 e. The summed E-state index contributed by atoms with van der Waals surface area (Å²) in [6.07, 6.45) is 1.78. The van der Waals surface area contributed by atoms with E-state index in [1.165, 1.54) is 12.1 Å². The van der Waals surface area contributed by atoms with Crippen molar-refractivity contribution in [3.63, 3.8) is 0 Å². The van der Waals surface area contributed by atoms with Gasteiger partial charge in [0.2, 0.25) is 0 Å². The quantitative estimate of drug-likeness (QED) is 0.860. The number of methoxy groups -OCH3 is 1. The molecule has 2 aromatic carbocycles. The fourth-order valence-electron chi connectivity index (χ4n) is 2.97. The maximum Gasteiger partial charge on any atom is 0.322 e. The average molecular weight is 349 g/mol. The van der Waals surface area contributed by atoms with Gasteiger partial charge in [0.05, 0.1) is 23.9 Å². The fraction of sp³-hybridized carbons (Fsp3) is 0.278. The summed E-state index contributed by atoms with van der Waals surface area (Å²) >= 11 is 5.76. The number of benzene rings is 2. The molecular formula is C18H18ClFN2O2. The Morgan fingerprint density at radius 1 is 1.29 bits per heavy atom. The number of halogens is 2. The van der Waals surface area contributed by atoms with Crippen molar-refractivity contribution in [2.24, 2.45) is 0 Å². The summed E-state index contributed by atoms with van der Waals surface area (Å²) < 4.78 is 19.1. The molecule has 4 nitrogen and oxygen atoms in total. The Morgan fingerprint density at radius 3 is 2.75 bits per heavy atom. The van der Waals surface area contributed by atoms with Crippen molar-refractivity contribution in [1.29, 1.82) is 0 Å². The van der Waals surface area contributed by atoms with Crippen molar-refractivity contribution in [3.8, 4) is 5.75 Å². The van der Waals surface area contributed by atoms with Gasteiger partial charge in [-0.15, -0.1) is 0 Å². The number of anilines is 1. The first kappa shape index (κ1) is 16.6. The van der Waals surface area contributed by atoms with Gasteiger partial charge in [-0.25, -0.2) is 9.18 Å². The maximum absolute atomic E-state index is 14.0. The summed E-state index contributed by atoms with van der Waals surface area (Å²) in [4.78, 5) is 14.3. The average Bonchev–Trinajstić information content (AvgIpc) is 3.09. The van der Waals surface area contributed by atoms with Gasteiger partial charge >= 0.3 is 6.03 Å². The number of nitrogens with zero attached hydrogens (tertiary/aromatic N) is 1. The standard InChI is InChI=1S/C18H18ClFN2O2/c1-24-13-9-7-12(8-10-13)16-6-3-11-22(16)18(23)21-15-5-2-4-14(19)17(15)20/h2,4-5,7-10,16H,3,6,11H2,1H3,(H,21,23). The number of carbonyl (C=O) groups is 1. The number of urea groups is 1. The molecule has 6 heteroatoms. The Bertz CT molecular complexity index is 736. The van der Waals surface area contributed by atoms with E-state index in [1.54, 1.807) is 18.1 Å². The molecule has 0 radical (unpaired) electrons. The van der Waals surface area contributed by atoms with Crippen LogP contribution in [0.4, 0.5) is 14.9 Å². The Labute approximate surface area is 145 Å². The van der Waals surface area contributed by atoms with E-state index < -0.39 is 5.82 Å². The van der Waals surface area contributed by atoms with Gasteiger partial charge in [-0.1, -0.05) is 29.8 Å². The van der Waals surface area contributed by atoms with Gasteiger partial charge in [-0.2, -0.15) is 0 Å². The molecule has 1 fully saturated rings. The molecular weight excluding hydrogens is 331 g/mol. The van der Waals surface area contributed by atoms with Crippen LogP contribution in [-0.2, 0) is 0 Å². The maximum atomic E-state index is 14.0. The number of nitrogens with one attached hydrogen (secondary N) is 1. The van der Waals surface area contributed by atoms with Crippen LogP contribution in [0.5, 0.6) is 5.75 Å². The molecule has 0 bridgehead atoms. The van der Waals surface area contributed by atoms with Gasteiger partial charge < -0.3 is 15.0 Å². The molecule has 0 aliphatic carbocycles. The Kier molecular flexibility index (Phi) is 4.90. The van der Waals surface area contributed by atoms with Crippen LogP contribution >= 0.6 is 11.6 Å². The van der Waals surface area contributed by atoms with Crippen molar-refractivity contribution in [2.45, 2.75) is 18.9 Å². The van der Waals surface area contributed by atoms with Gasteiger partial charge in [0, 0.05) is 6.54 Å². The summed E-state index contributed by atoms with van der Waals surface area (Å²) in [7, 11) is 1.61. The van der Waals surface area contributed by atoms with Crippen LogP contribution in [0.25, 0.3) is 0 Å². The van der Waals surface area contributed by atoms with E-state index in [-0.39, 0.29) is 22.8 Å². The number of ether oxygens (including phenoxy) is 1. The minimum atomic E-state index is -0.618. The summed E-state index contributed by atoms with van der Waals surface area (Å²) in [6, 6.07) is 11.9. The minimum Gasteiger partial charge on any atom is -0.497 e. The first-order valence-corrected chi connectivity index (χ1v) is 8.13. The zero-order valence-corrected chi connectivity index (χ0v) is 14.0. The molecule has 3 rings (SSSR count). The van der Waals surface area contributed by atoms with Crippen LogP contribution in [0.1, 0.15) is 24.4 Å². The van der Waals surface area contributed by atoms with E-state index in [9.17, 15) is 9.18 Å². The van der Waals surface area contributed by atoms with Gasteiger partial charge in [-0.05, 0) is 42.7 Å². The molecule has 126 valence electrons. The molecule has 1 aliphatic heterocycles. The molecule has 1 aliphatic rings. The third-order valence-corrected chi connectivity index (χ3v) is 4.50. The van der Waals surface area contributed by atoms with Crippen molar-refractivity contribution in [3.05, 3.63) is 58.9 Å². The normalized spacial score (nSPS) is 17.0. The second-order valence-corrected chi connectivity index (χ2v) is 6.06. The van der Waals surface area contributed by atoms with Crippen molar-refractivity contribution >= 4 is 23.3 Å². The van der Waals surface area contributed by atoms with Gasteiger partial charge in [0.1, 0.15) is 5.75 Å². The molecule has 2 amide bonds. The van der Waals surface area contributed by atoms with Crippen molar-refractivity contribution in [2.75, 3.05) is 19.0 Å². The van der Waals surface area contributed by atoms with Crippen molar-refractivity contribution < 1.29 is 13.9 Å². The van der Waals surface area contributed by atoms with Crippen LogP contribution in [0, 0.1) is 5.82 Å². The van der Waals surface area contributed by atoms with E-state index in [0.29, 0.717) is 6.54 Å². The minimum absolute atomic E-state index is 0.0130. The van der Waals surface area contributed by atoms with Gasteiger partial charge in [0.15, 0.2) is 5.82 Å². The molecule has 0 spiro atoms. The molecule has 1 unspecified atom stereocenters. The van der Waals surface area contributed by atoms with E-state index in [4.69, 9.17) is 16.3 Å². The summed E-state index contributed by atoms with van der Waals surface area (Å²) in [5.41, 5.74) is 1.13. The highest BCUT2D eigenvalue weighted by Crippen LogP contribution is 2.33. The highest BCUT2D eigenvalue weighted by atomic mass is 35.5. The lowest BCUT2D eigenvalue weighted by molar-refractivity contribution is 0.207. The first-order chi connectivity index (χ1) is 11.6. The number of hydrogen-bond acceptors (Lipinski definition) is 2. The molecule has 1 atom stereocenters. The molecule has 24 heavy (non-hydrogen) atoms. The second kappa shape index (κ2) is 7.09. The number of carbonyl (C=O) groups excluding carboxylic acids is 1. The SMILES string of the molecule is COc1ccc(C2CCCN2C(=O)Nc2cccc(Cl)c2F)cc1. The van der Waals surface area contributed by atoms with Crippen LogP contribution in [-0.4, -0.2) is 24.6 Å². The molecule has 1 N–H and O–H groups in total. The summed E-state index contributed by atoms with van der Waals surface area (Å²) in [5, 5.41) is 2.61. The highest BCUT2D eigenvalue weighted by molar-refractivity contribution is 6.31. The summed E-state index contributed by atoms with van der Waals surface area (Å²) in [5.74, 6) is 0.154. The zero-order chi connectivity index (χ0) is 17.1. The van der Waals surface area contributed by atoms with Crippen LogP contribution in [0.15, 0.2) is 42.5 Å². The molecule has 0 aromatic heterocycles. The number of hydrogen-bond donors (Lipinski definition) is 1. The van der Waals surface area contributed by atoms with E-state index >= 15 is 0 Å².